The van der Waals surface area contributed by atoms with Gasteiger partial charge in [-0.15, -0.1) is 0 Å². The Balaban J connectivity index is 1.31. The van der Waals surface area contributed by atoms with Gasteiger partial charge in [0.05, 0.1) is 0 Å². The van der Waals surface area contributed by atoms with Gasteiger partial charge < -0.3 is 15.6 Å². The molecule has 0 radical (unpaired) electrons. The first kappa shape index (κ1) is 17.1. The molecule has 0 spiro atoms. The van der Waals surface area contributed by atoms with Crippen molar-refractivity contribution in [1.82, 2.24) is 20.4 Å². The van der Waals surface area contributed by atoms with E-state index in [2.05, 4.69) is 20.4 Å². The highest BCUT2D eigenvalue weighted by atomic mass is 16.5. The summed E-state index contributed by atoms with van der Waals surface area (Å²) in [6.07, 6.45) is 9.85. The second-order valence-corrected chi connectivity index (χ2v) is 7.52. The van der Waals surface area contributed by atoms with Crippen LogP contribution in [0.1, 0.15) is 44.4 Å². The number of rotatable bonds is 5. The molecule has 0 saturated heterocycles. The van der Waals surface area contributed by atoms with E-state index in [0.29, 0.717) is 42.4 Å². The number of hydrogen-bond donors (Lipinski definition) is 2. The maximum absolute atomic E-state index is 12.4. The Labute approximate surface area is 152 Å². The number of carbonyl (C=O) groups excluding carboxylic acids is 1. The zero-order valence-corrected chi connectivity index (χ0v) is 14.8. The molecule has 2 saturated carbocycles. The average molecular weight is 355 g/mol. The lowest BCUT2D eigenvalue weighted by atomic mass is 9.67. The lowest BCUT2D eigenvalue weighted by Gasteiger charge is -2.45. The molecule has 3 N–H and O–H groups in total. The van der Waals surface area contributed by atoms with Gasteiger partial charge >= 0.3 is 0 Å². The zero-order chi connectivity index (χ0) is 17.9. The van der Waals surface area contributed by atoms with Crippen LogP contribution in [0.5, 0.6) is 0 Å². The highest BCUT2D eigenvalue weighted by molar-refractivity contribution is 5.76. The minimum Gasteiger partial charge on any atom is -0.353 e. The summed E-state index contributed by atoms with van der Waals surface area (Å²) < 4.78 is 5.27. The van der Waals surface area contributed by atoms with Crippen molar-refractivity contribution in [2.45, 2.75) is 57.0 Å². The number of amides is 1. The van der Waals surface area contributed by atoms with Gasteiger partial charge in [0.25, 0.3) is 0 Å². The number of nitrogens with one attached hydrogen (secondary N) is 1. The van der Waals surface area contributed by atoms with Crippen LogP contribution in [0.4, 0.5) is 0 Å². The van der Waals surface area contributed by atoms with Crippen molar-refractivity contribution >= 4 is 5.91 Å². The summed E-state index contributed by atoms with van der Waals surface area (Å²) in [4.78, 5) is 20.8. The standard InChI is InChI=1S/C19H25N5O2/c20-15-10-13-2-1-3-14(11-15)18(13)22-16(25)4-5-17-23-19(24-26-17)12-6-8-21-9-7-12/h6-9,13-15,18H,1-5,10-11,20H2,(H,22,25). The Hall–Kier alpha value is -2.28. The summed E-state index contributed by atoms with van der Waals surface area (Å²) in [6.45, 7) is 0. The maximum atomic E-state index is 12.4. The Morgan fingerprint density at radius 1 is 1.23 bits per heavy atom. The van der Waals surface area contributed by atoms with Gasteiger partial charge in [-0.3, -0.25) is 9.78 Å². The lowest BCUT2D eigenvalue weighted by molar-refractivity contribution is -0.123. The van der Waals surface area contributed by atoms with Crippen LogP contribution in [0, 0.1) is 11.8 Å². The molecule has 26 heavy (non-hydrogen) atoms. The summed E-state index contributed by atoms with van der Waals surface area (Å²) >= 11 is 0. The van der Waals surface area contributed by atoms with Gasteiger partial charge in [0, 0.05) is 42.9 Å². The van der Waals surface area contributed by atoms with Crippen molar-refractivity contribution in [3.63, 3.8) is 0 Å². The number of nitrogens with zero attached hydrogens (tertiary/aromatic N) is 3. The molecule has 7 nitrogen and oxygen atoms in total. The van der Waals surface area contributed by atoms with E-state index in [0.717, 1.165) is 18.4 Å². The van der Waals surface area contributed by atoms with Crippen LogP contribution in [0.2, 0.25) is 0 Å². The highest BCUT2D eigenvalue weighted by Crippen LogP contribution is 2.39. The minimum atomic E-state index is 0.0611. The van der Waals surface area contributed by atoms with Crippen molar-refractivity contribution in [2.75, 3.05) is 0 Å². The molecule has 138 valence electrons. The van der Waals surface area contributed by atoms with E-state index in [1.807, 2.05) is 12.1 Å². The van der Waals surface area contributed by atoms with E-state index in [1.54, 1.807) is 12.4 Å². The first-order valence-corrected chi connectivity index (χ1v) is 9.47. The van der Waals surface area contributed by atoms with Gasteiger partial charge in [0.15, 0.2) is 0 Å². The Bertz CT molecular complexity index is 733. The molecule has 2 bridgehead atoms. The molecule has 1 amide bonds. The van der Waals surface area contributed by atoms with Gasteiger partial charge in [0.2, 0.25) is 17.6 Å². The van der Waals surface area contributed by atoms with Crippen molar-refractivity contribution in [1.29, 1.82) is 0 Å². The van der Waals surface area contributed by atoms with Crippen molar-refractivity contribution in [2.24, 2.45) is 17.6 Å². The molecule has 2 aromatic rings. The van der Waals surface area contributed by atoms with Gasteiger partial charge in [-0.05, 0) is 49.7 Å². The van der Waals surface area contributed by atoms with E-state index < -0.39 is 0 Å². The molecule has 2 heterocycles. The summed E-state index contributed by atoms with van der Waals surface area (Å²) in [5.74, 6) is 2.13. The summed E-state index contributed by atoms with van der Waals surface area (Å²) in [5, 5.41) is 7.23. The minimum absolute atomic E-state index is 0.0611. The molecule has 2 unspecified atom stereocenters. The molecule has 0 aliphatic heterocycles. The van der Waals surface area contributed by atoms with Crippen LogP contribution in [0.3, 0.4) is 0 Å². The number of carbonyl (C=O) groups is 1. The predicted octanol–water partition coefficient (Wildman–Crippen LogP) is 2.09. The van der Waals surface area contributed by atoms with Crippen LogP contribution in [0.25, 0.3) is 11.4 Å². The summed E-state index contributed by atoms with van der Waals surface area (Å²) in [6, 6.07) is 4.23. The first-order valence-electron chi connectivity index (χ1n) is 9.47. The maximum Gasteiger partial charge on any atom is 0.227 e. The predicted molar refractivity (Wildman–Crippen MR) is 95.8 cm³/mol. The lowest BCUT2D eigenvalue weighted by Crippen LogP contribution is -2.53. The van der Waals surface area contributed by atoms with Crippen molar-refractivity contribution in [3.8, 4) is 11.4 Å². The molecule has 2 atom stereocenters. The normalized spacial score (nSPS) is 27.9. The smallest absolute Gasteiger partial charge is 0.227 e. The molecule has 2 aliphatic carbocycles. The molecular weight excluding hydrogens is 330 g/mol. The monoisotopic (exact) mass is 355 g/mol. The largest absolute Gasteiger partial charge is 0.353 e. The third-order valence-corrected chi connectivity index (χ3v) is 5.68. The molecular formula is C19H25N5O2. The van der Waals surface area contributed by atoms with Crippen LogP contribution < -0.4 is 11.1 Å². The van der Waals surface area contributed by atoms with E-state index in [-0.39, 0.29) is 11.9 Å². The van der Waals surface area contributed by atoms with Crippen LogP contribution >= 0.6 is 0 Å². The number of aryl methyl sites for hydroxylation is 1. The van der Waals surface area contributed by atoms with Crippen LogP contribution in [0.15, 0.2) is 29.0 Å². The van der Waals surface area contributed by atoms with Crippen LogP contribution in [-0.2, 0) is 11.2 Å². The number of nitrogens with two attached hydrogens (primary N) is 1. The van der Waals surface area contributed by atoms with Crippen LogP contribution in [-0.4, -0.2) is 33.1 Å². The summed E-state index contributed by atoms with van der Waals surface area (Å²) in [7, 11) is 0. The molecule has 7 heteroatoms. The Kier molecular flexibility index (Phi) is 4.97. The Morgan fingerprint density at radius 2 is 1.96 bits per heavy atom. The van der Waals surface area contributed by atoms with E-state index in [1.165, 1.54) is 19.3 Å². The van der Waals surface area contributed by atoms with E-state index in [4.69, 9.17) is 10.3 Å². The number of hydrogen-bond acceptors (Lipinski definition) is 6. The van der Waals surface area contributed by atoms with E-state index in [9.17, 15) is 4.79 Å². The number of aromatic nitrogens is 3. The van der Waals surface area contributed by atoms with Crippen molar-refractivity contribution in [3.05, 3.63) is 30.4 Å². The third kappa shape index (κ3) is 3.77. The number of fused-ring (bicyclic) bond motifs is 2. The molecule has 4 rings (SSSR count). The fourth-order valence-electron chi connectivity index (χ4n) is 4.48. The van der Waals surface area contributed by atoms with Gasteiger partial charge in [0.1, 0.15) is 0 Å². The average Bonchev–Trinajstić information content (AvgIpc) is 3.11. The SMILES string of the molecule is NC1CC2CCCC(C1)C2NC(=O)CCc1nc(-c2ccncc2)no1. The van der Waals surface area contributed by atoms with Gasteiger partial charge in [-0.1, -0.05) is 11.6 Å². The zero-order valence-electron chi connectivity index (χ0n) is 14.8. The van der Waals surface area contributed by atoms with E-state index >= 15 is 0 Å². The topological polar surface area (TPSA) is 107 Å². The Morgan fingerprint density at radius 3 is 2.69 bits per heavy atom. The summed E-state index contributed by atoms with van der Waals surface area (Å²) in [5.41, 5.74) is 7.01. The second kappa shape index (κ2) is 7.53. The number of pyridine rings is 1. The first-order chi connectivity index (χ1) is 12.7. The second-order valence-electron chi connectivity index (χ2n) is 7.52. The van der Waals surface area contributed by atoms with Crippen molar-refractivity contribution < 1.29 is 9.32 Å². The highest BCUT2D eigenvalue weighted by Gasteiger charge is 2.39. The fourth-order valence-corrected chi connectivity index (χ4v) is 4.48. The molecule has 2 fully saturated rings. The fraction of sp³-hybridized carbons (Fsp3) is 0.579. The molecule has 2 aliphatic rings. The van der Waals surface area contributed by atoms with Gasteiger partial charge in [-0.2, -0.15) is 4.98 Å². The molecule has 0 aromatic carbocycles. The van der Waals surface area contributed by atoms with Gasteiger partial charge in [-0.25, -0.2) is 0 Å². The third-order valence-electron chi connectivity index (χ3n) is 5.68. The quantitative estimate of drug-likeness (QED) is 0.850. The molecule has 2 aromatic heterocycles.